The second-order valence-electron chi connectivity index (χ2n) is 3.37. The Hall–Kier alpha value is -1.77. The van der Waals surface area contributed by atoms with Crippen LogP contribution >= 0.6 is 0 Å². The first-order chi connectivity index (χ1) is 7.31. The molecule has 0 bridgehead atoms. The van der Waals surface area contributed by atoms with Crippen molar-refractivity contribution >= 4 is 11.8 Å². The zero-order valence-electron chi connectivity index (χ0n) is 8.95. The van der Waals surface area contributed by atoms with Gasteiger partial charge in [-0.15, -0.1) is 5.43 Å². The van der Waals surface area contributed by atoms with E-state index in [9.17, 15) is 0 Å². The summed E-state index contributed by atoms with van der Waals surface area (Å²) in [4.78, 5) is 0. The van der Waals surface area contributed by atoms with Crippen LogP contribution < -0.4 is 15.3 Å². The van der Waals surface area contributed by atoms with Crippen LogP contribution in [0.2, 0.25) is 0 Å². The van der Waals surface area contributed by atoms with Gasteiger partial charge in [0, 0.05) is 0 Å². The Morgan fingerprint density at radius 2 is 2.00 bits per heavy atom. The second-order valence-corrected chi connectivity index (χ2v) is 3.37. The van der Waals surface area contributed by atoms with E-state index in [0.717, 1.165) is 22.6 Å². The fraction of sp³-hybridized carbons (Fsp3) is 0.250. The van der Waals surface area contributed by atoms with Crippen LogP contribution in [0.4, 0.5) is 0 Å². The van der Waals surface area contributed by atoms with E-state index in [-0.39, 0.29) is 0 Å². The molecule has 77 valence electrons. The number of nitrogens with zero attached hydrogens (tertiary/aromatic N) is 1. The SMILES string of the molecule is CCOc1ccc(C2=C(C)N[N+]=C2)cc1. The smallest absolute Gasteiger partial charge is 0.284 e. The fourth-order valence-corrected chi connectivity index (χ4v) is 1.54. The Bertz CT molecular complexity index is 404. The number of benzene rings is 1. The number of hydrazone groups is 1. The molecule has 1 aromatic rings. The van der Waals surface area contributed by atoms with Crippen molar-refractivity contribution in [3.8, 4) is 5.75 Å². The van der Waals surface area contributed by atoms with E-state index < -0.39 is 0 Å². The van der Waals surface area contributed by atoms with Gasteiger partial charge in [-0.2, -0.15) is 0 Å². The largest absolute Gasteiger partial charge is 0.494 e. The molecular formula is C12H14N2O+. The number of hydrogen-bond donors (Lipinski definition) is 1. The summed E-state index contributed by atoms with van der Waals surface area (Å²) >= 11 is 0. The third-order valence-electron chi connectivity index (χ3n) is 2.31. The van der Waals surface area contributed by atoms with Gasteiger partial charge in [0.1, 0.15) is 5.75 Å². The minimum atomic E-state index is 0.698. The molecule has 0 unspecified atom stereocenters. The Kier molecular flexibility index (Phi) is 2.72. The molecule has 0 amide bonds. The van der Waals surface area contributed by atoms with E-state index in [0.29, 0.717) is 6.61 Å². The molecule has 0 saturated carbocycles. The van der Waals surface area contributed by atoms with E-state index in [4.69, 9.17) is 4.74 Å². The van der Waals surface area contributed by atoms with Crippen molar-refractivity contribution in [3.05, 3.63) is 35.5 Å². The normalized spacial score (nSPS) is 14.3. The quantitative estimate of drug-likeness (QED) is 0.810. The number of rotatable bonds is 3. The lowest BCUT2D eigenvalue weighted by Crippen LogP contribution is -2.06. The minimum Gasteiger partial charge on any atom is -0.494 e. The van der Waals surface area contributed by atoms with Crippen LogP contribution in [-0.2, 0) is 0 Å². The topological polar surface area (TPSA) is 35.4 Å². The predicted molar refractivity (Wildman–Crippen MR) is 61.5 cm³/mol. The molecule has 1 aromatic carbocycles. The lowest BCUT2D eigenvalue weighted by atomic mass is 10.1. The summed E-state index contributed by atoms with van der Waals surface area (Å²) in [6.07, 6.45) is 1.84. The van der Waals surface area contributed by atoms with Crippen LogP contribution in [-0.4, -0.2) is 12.8 Å². The van der Waals surface area contributed by atoms with Gasteiger partial charge in [-0.05, 0) is 31.5 Å². The first-order valence-electron chi connectivity index (χ1n) is 5.04. The lowest BCUT2D eigenvalue weighted by molar-refractivity contribution is 0.340. The summed E-state index contributed by atoms with van der Waals surface area (Å²) in [7, 11) is 0. The molecule has 2 rings (SSSR count). The van der Waals surface area contributed by atoms with Gasteiger partial charge in [-0.1, -0.05) is 12.1 Å². The minimum absolute atomic E-state index is 0.698. The van der Waals surface area contributed by atoms with Gasteiger partial charge in [-0.25, -0.2) is 0 Å². The van der Waals surface area contributed by atoms with Gasteiger partial charge >= 0.3 is 0 Å². The van der Waals surface area contributed by atoms with E-state index in [1.54, 1.807) is 0 Å². The standard InChI is InChI=1S/C12H14N2O/c1-3-15-11-6-4-10(5-7-11)12-8-13-14-9(12)2/h4-8,14H,3H2,1-2H3/q+1. The Morgan fingerprint density at radius 3 is 2.53 bits per heavy atom. The molecular weight excluding hydrogens is 188 g/mol. The molecule has 1 aliphatic rings. The van der Waals surface area contributed by atoms with Gasteiger partial charge in [0.05, 0.1) is 17.9 Å². The van der Waals surface area contributed by atoms with Crippen LogP contribution in [0.25, 0.3) is 5.57 Å². The highest BCUT2D eigenvalue weighted by molar-refractivity contribution is 6.11. The van der Waals surface area contributed by atoms with Crippen molar-refractivity contribution in [2.45, 2.75) is 13.8 Å². The number of allylic oxidation sites excluding steroid dienone is 2. The molecule has 3 heteroatoms. The maximum absolute atomic E-state index is 5.38. The highest BCUT2D eigenvalue weighted by Crippen LogP contribution is 2.20. The maximum Gasteiger partial charge on any atom is 0.284 e. The summed E-state index contributed by atoms with van der Waals surface area (Å²) in [6.45, 7) is 4.69. The Morgan fingerprint density at radius 1 is 1.27 bits per heavy atom. The summed E-state index contributed by atoms with van der Waals surface area (Å²) in [5.41, 5.74) is 6.30. The maximum atomic E-state index is 5.38. The summed E-state index contributed by atoms with van der Waals surface area (Å²) in [6, 6.07) is 8.04. The fourth-order valence-electron chi connectivity index (χ4n) is 1.54. The average molecular weight is 202 g/mol. The molecule has 0 aliphatic carbocycles. The van der Waals surface area contributed by atoms with Crippen molar-refractivity contribution < 1.29 is 4.74 Å². The summed E-state index contributed by atoms with van der Waals surface area (Å²) < 4.78 is 5.38. The molecule has 0 saturated heterocycles. The monoisotopic (exact) mass is 202 g/mol. The van der Waals surface area contributed by atoms with Crippen molar-refractivity contribution in [3.63, 3.8) is 0 Å². The van der Waals surface area contributed by atoms with Crippen LogP contribution in [0, 0.1) is 0 Å². The van der Waals surface area contributed by atoms with Gasteiger partial charge in [0.2, 0.25) is 0 Å². The summed E-state index contributed by atoms with van der Waals surface area (Å²) in [5.74, 6) is 0.905. The van der Waals surface area contributed by atoms with Gasteiger partial charge in [0.15, 0.2) is 5.10 Å². The number of hydrogen-bond acceptors (Lipinski definition) is 3. The molecule has 0 fully saturated rings. The molecule has 3 nitrogen and oxygen atoms in total. The van der Waals surface area contributed by atoms with Crippen LogP contribution in [0.3, 0.4) is 0 Å². The first kappa shape index (κ1) is 9.77. The molecule has 1 N–H and O–H groups in total. The highest BCUT2D eigenvalue weighted by atomic mass is 16.5. The van der Waals surface area contributed by atoms with Gasteiger partial charge in [0.25, 0.3) is 6.21 Å². The van der Waals surface area contributed by atoms with Crippen molar-refractivity contribution in [1.82, 2.24) is 10.5 Å². The van der Waals surface area contributed by atoms with Crippen molar-refractivity contribution in [2.24, 2.45) is 0 Å². The lowest BCUT2D eigenvalue weighted by Gasteiger charge is -2.03. The highest BCUT2D eigenvalue weighted by Gasteiger charge is 2.16. The molecule has 0 spiro atoms. The Labute approximate surface area is 89.5 Å². The molecule has 1 heterocycles. The third kappa shape index (κ3) is 2.01. The van der Waals surface area contributed by atoms with E-state index >= 15 is 0 Å². The van der Waals surface area contributed by atoms with E-state index in [1.165, 1.54) is 0 Å². The first-order valence-corrected chi connectivity index (χ1v) is 5.04. The zero-order valence-corrected chi connectivity index (χ0v) is 8.95. The van der Waals surface area contributed by atoms with Crippen LogP contribution in [0.5, 0.6) is 5.75 Å². The number of nitrogens with one attached hydrogen (secondary N) is 1. The molecule has 1 radical (unpaired) electrons. The third-order valence-corrected chi connectivity index (χ3v) is 2.31. The predicted octanol–water partition coefficient (Wildman–Crippen LogP) is 1.74. The average Bonchev–Trinajstić information content (AvgIpc) is 2.66. The number of ether oxygens (including phenoxy) is 1. The van der Waals surface area contributed by atoms with E-state index in [1.807, 2.05) is 44.3 Å². The van der Waals surface area contributed by atoms with Gasteiger partial charge < -0.3 is 4.74 Å². The van der Waals surface area contributed by atoms with Crippen LogP contribution in [0.1, 0.15) is 19.4 Å². The molecule has 0 aromatic heterocycles. The second kappa shape index (κ2) is 4.17. The van der Waals surface area contributed by atoms with Crippen LogP contribution in [0.15, 0.2) is 30.0 Å². The van der Waals surface area contributed by atoms with Crippen molar-refractivity contribution in [2.75, 3.05) is 6.61 Å². The van der Waals surface area contributed by atoms with Crippen molar-refractivity contribution in [1.29, 1.82) is 0 Å². The molecule has 1 aliphatic heterocycles. The molecule has 15 heavy (non-hydrogen) atoms. The summed E-state index contributed by atoms with van der Waals surface area (Å²) in [5, 5.41) is 4.00. The Balaban J connectivity index is 2.24. The van der Waals surface area contributed by atoms with Gasteiger partial charge in [-0.3, -0.25) is 0 Å². The zero-order chi connectivity index (χ0) is 10.7. The van der Waals surface area contributed by atoms with E-state index in [2.05, 4.69) is 10.5 Å². The molecule has 0 atom stereocenters.